The van der Waals surface area contributed by atoms with Gasteiger partial charge in [-0.25, -0.2) is 0 Å². The molecule has 1 N–H and O–H groups in total. The number of methoxy groups -OCH3 is 1. The molecule has 4 nitrogen and oxygen atoms in total. The van der Waals surface area contributed by atoms with E-state index in [2.05, 4.69) is 11.4 Å². The minimum atomic E-state index is -0.172. The molecule has 0 aliphatic rings. The Hall–Kier alpha value is -3.06. The number of benzene rings is 2. The van der Waals surface area contributed by atoms with Gasteiger partial charge in [0.05, 0.1) is 18.8 Å². The lowest BCUT2D eigenvalue weighted by molar-refractivity contribution is -0.114. The molecule has 0 unspecified atom stereocenters. The first-order valence-electron chi connectivity index (χ1n) is 6.77. The number of hydrogen-bond donors (Lipinski definition) is 1. The third-order valence-electron chi connectivity index (χ3n) is 3.08. The highest BCUT2D eigenvalue weighted by molar-refractivity contribution is 5.98. The molecule has 0 saturated heterocycles. The van der Waals surface area contributed by atoms with E-state index in [1.165, 1.54) is 6.92 Å². The Kier molecular flexibility index (Phi) is 4.94. The van der Waals surface area contributed by atoms with Gasteiger partial charge in [-0.1, -0.05) is 30.3 Å². The van der Waals surface area contributed by atoms with Crippen LogP contribution < -0.4 is 10.1 Å². The summed E-state index contributed by atoms with van der Waals surface area (Å²) in [7, 11) is 1.61. The van der Waals surface area contributed by atoms with Crippen molar-refractivity contribution in [3.63, 3.8) is 0 Å². The molecule has 0 saturated carbocycles. The summed E-state index contributed by atoms with van der Waals surface area (Å²) < 4.78 is 5.11. The third kappa shape index (κ3) is 3.74. The number of para-hydroxylation sites is 1. The van der Waals surface area contributed by atoms with E-state index >= 15 is 0 Å². The Balaban J connectivity index is 2.41. The maximum absolute atomic E-state index is 11.3. The Morgan fingerprint density at radius 1 is 1.18 bits per heavy atom. The normalized spacial score (nSPS) is 10.7. The number of nitrogens with one attached hydrogen (secondary N) is 1. The maximum Gasteiger partial charge on any atom is 0.221 e. The van der Waals surface area contributed by atoms with Gasteiger partial charge in [-0.15, -0.1) is 0 Å². The molecule has 0 aromatic heterocycles. The second-order valence-corrected chi connectivity index (χ2v) is 4.67. The molecule has 0 atom stereocenters. The zero-order valence-corrected chi connectivity index (χ0v) is 12.5. The summed E-state index contributed by atoms with van der Waals surface area (Å²) in [5, 5.41) is 12.2. The Morgan fingerprint density at radius 2 is 1.86 bits per heavy atom. The van der Waals surface area contributed by atoms with Gasteiger partial charge in [-0.05, 0) is 29.8 Å². The van der Waals surface area contributed by atoms with Gasteiger partial charge in [0.15, 0.2) is 0 Å². The quantitative estimate of drug-likeness (QED) is 0.690. The number of allylic oxidation sites excluding steroid dienone is 1. The number of rotatable bonds is 4. The molecule has 2 rings (SSSR count). The van der Waals surface area contributed by atoms with Gasteiger partial charge >= 0.3 is 0 Å². The van der Waals surface area contributed by atoms with Gasteiger partial charge in [0, 0.05) is 18.2 Å². The second-order valence-electron chi connectivity index (χ2n) is 4.67. The molecule has 4 heteroatoms. The van der Waals surface area contributed by atoms with Crippen molar-refractivity contribution in [2.75, 3.05) is 12.4 Å². The molecule has 0 aliphatic heterocycles. The van der Waals surface area contributed by atoms with E-state index < -0.39 is 0 Å². The van der Waals surface area contributed by atoms with Gasteiger partial charge in [0.1, 0.15) is 5.75 Å². The molecular weight excluding hydrogens is 276 g/mol. The molecule has 0 aliphatic carbocycles. The predicted octanol–water partition coefficient (Wildman–Crippen LogP) is 3.72. The van der Waals surface area contributed by atoms with E-state index in [-0.39, 0.29) is 5.91 Å². The molecule has 0 bridgehead atoms. The summed E-state index contributed by atoms with van der Waals surface area (Å²) in [6.45, 7) is 1.44. The van der Waals surface area contributed by atoms with Crippen LogP contribution in [0.3, 0.4) is 0 Å². The molecule has 0 fully saturated rings. The number of nitriles is 1. The van der Waals surface area contributed by atoms with Crippen molar-refractivity contribution in [1.29, 1.82) is 5.26 Å². The van der Waals surface area contributed by atoms with Crippen molar-refractivity contribution in [2.45, 2.75) is 6.92 Å². The first-order valence-corrected chi connectivity index (χ1v) is 6.77. The fraction of sp³-hybridized carbons (Fsp3) is 0.111. The van der Waals surface area contributed by atoms with Crippen LogP contribution >= 0.6 is 0 Å². The highest BCUT2D eigenvalue weighted by Crippen LogP contribution is 2.26. The average Bonchev–Trinajstić information content (AvgIpc) is 2.53. The Bertz CT molecular complexity index is 740. The van der Waals surface area contributed by atoms with Crippen LogP contribution in [0.15, 0.2) is 48.5 Å². The number of nitrogens with zero attached hydrogens (tertiary/aromatic N) is 1. The fourth-order valence-electron chi connectivity index (χ4n) is 2.05. The van der Waals surface area contributed by atoms with E-state index in [4.69, 9.17) is 4.74 Å². The van der Waals surface area contributed by atoms with Crippen molar-refractivity contribution in [3.8, 4) is 11.8 Å². The average molecular weight is 292 g/mol. The predicted molar refractivity (Wildman–Crippen MR) is 87.2 cm³/mol. The van der Waals surface area contributed by atoms with Gasteiger partial charge in [-0.2, -0.15) is 5.26 Å². The van der Waals surface area contributed by atoms with Gasteiger partial charge in [0.2, 0.25) is 5.91 Å². The van der Waals surface area contributed by atoms with Crippen molar-refractivity contribution < 1.29 is 9.53 Å². The maximum atomic E-state index is 11.3. The van der Waals surface area contributed by atoms with E-state index in [1.807, 2.05) is 42.5 Å². The van der Waals surface area contributed by atoms with Crippen LogP contribution in [0.5, 0.6) is 5.75 Å². The van der Waals surface area contributed by atoms with Crippen LogP contribution in [0, 0.1) is 11.3 Å². The molecule has 2 aromatic rings. The van der Waals surface area contributed by atoms with E-state index in [0.717, 1.165) is 11.3 Å². The third-order valence-corrected chi connectivity index (χ3v) is 3.08. The van der Waals surface area contributed by atoms with Crippen LogP contribution in [-0.2, 0) is 4.79 Å². The van der Waals surface area contributed by atoms with Crippen LogP contribution in [0.2, 0.25) is 0 Å². The lowest BCUT2D eigenvalue weighted by atomic mass is 10.0. The minimum Gasteiger partial charge on any atom is -0.497 e. The summed E-state index contributed by atoms with van der Waals surface area (Å²) in [5.74, 6) is 0.587. The van der Waals surface area contributed by atoms with Crippen molar-refractivity contribution in [3.05, 3.63) is 59.7 Å². The number of carbonyl (C=O) groups is 1. The molecule has 0 radical (unpaired) electrons. The molecule has 1 amide bonds. The molecule has 0 heterocycles. The number of carbonyl (C=O) groups excluding carboxylic acids is 1. The smallest absolute Gasteiger partial charge is 0.221 e. The first kappa shape index (κ1) is 15.3. The zero-order chi connectivity index (χ0) is 15.9. The van der Waals surface area contributed by atoms with E-state index in [1.54, 1.807) is 19.3 Å². The number of hydrogen-bond acceptors (Lipinski definition) is 3. The van der Waals surface area contributed by atoms with E-state index in [0.29, 0.717) is 16.8 Å². The summed E-state index contributed by atoms with van der Waals surface area (Å²) in [6, 6.07) is 16.8. The first-order chi connectivity index (χ1) is 10.6. The molecule has 2 aromatic carbocycles. The second kappa shape index (κ2) is 7.09. The van der Waals surface area contributed by atoms with E-state index in [9.17, 15) is 10.1 Å². The monoisotopic (exact) mass is 292 g/mol. The summed E-state index contributed by atoms with van der Waals surface area (Å²) in [4.78, 5) is 11.3. The summed E-state index contributed by atoms with van der Waals surface area (Å²) in [6.07, 6.45) is 1.78. The van der Waals surface area contributed by atoms with Gasteiger partial charge in [0.25, 0.3) is 0 Å². The highest BCUT2D eigenvalue weighted by Gasteiger charge is 2.08. The van der Waals surface area contributed by atoms with Crippen LogP contribution in [-0.4, -0.2) is 13.0 Å². The highest BCUT2D eigenvalue weighted by atomic mass is 16.5. The lowest BCUT2D eigenvalue weighted by Crippen LogP contribution is -2.07. The Morgan fingerprint density at radius 3 is 2.45 bits per heavy atom. The molecule has 22 heavy (non-hydrogen) atoms. The van der Waals surface area contributed by atoms with Gasteiger partial charge < -0.3 is 10.1 Å². The lowest BCUT2D eigenvalue weighted by Gasteiger charge is -2.09. The molecular formula is C18H16N2O2. The summed E-state index contributed by atoms with van der Waals surface area (Å²) >= 11 is 0. The SMILES string of the molecule is COc1ccc(/C=C(/C#N)c2ccccc2NC(C)=O)cc1. The molecule has 0 spiro atoms. The van der Waals surface area contributed by atoms with Crippen LogP contribution in [0.1, 0.15) is 18.1 Å². The van der Waals surface area contributed by atoms with Crippen LogP contribution in [0.4, 0.5) is 5.69 Å². The number of amides is 1. The van der Waals surface area contributed by atoms with Crippen molar-refractivity contribution in [1.82, 2.24) is 0 Å². The topological polar surface area (TPSA) is 62.1 Å². The Labute approximate surface area is 129 Å². The minimum absolute atomic E-state index is 0.172. The molecule has 110 valence electrons. The summed E-state index contributed by atoms with van der Waals surface area (Å²) in [5.41, 5.74) is 2.68. The zero-order valence-electron chi connectivity index (χ0n) is 12.5. The van der Waals surface area contributed by atoms with Crippen molar-refractivity contribution >= 4 is 23.2 Å². The van der Waals surface area contributed by atoms with Crippen LogP contribution in [0.25, 0.3) is 11.6 Å². The van der Waals surface area contributed by atoms with Gasteiger partial charge in [-0.3, -0.25) is 4.79 Å². The standard InChI is InChI=1S/C18H16N2O2/c1-13(21)20-18-6-4-3-5-17(18)15(12-19)11-14-7-9-16(22-2)10-8-14/h3-11H,1-2H3,(H,20,21)/b15-11-. The number of anilines is 1. The number of ether oxygens (including phenoxy) is 1. The van der Waals surface area contributed by atoms with Crippen molar-refractivity contribution in [2.24, 2.45) is 0 Å². The fourth-order valence-corrected chi connectivity index (χ4v) is 2.05. The largest absolute Gasteiger partial charge is 0.497 e.